The minimum Gasteiger partial charge on any atom is -0.381 e. The normalized spacial score (nSPS) is 11.0. The lowest BCUT2D eigenvalue weighted by atomic mass is 10.3. The maximum Gasteiger partial charge on any atom is 0.223 e. The molecule has 3 aromatic rings. The highest BCUT2D eigenvalue weighted by molar-refractivity contribution is 9.10. The second-order valence-electron chi connectivity index (χ2n) is 4.20. The molecular formula is C13H9BrClN5S. The summed E-state index contributed by atoms with van der Waals surface area (Å²) in [6.07, 6.45) is 0. The van der Waals surface area contributed by atoms with Gasteiger partial charge in [-0.3, -0.25) is 0 Å². The number of nitrogens with zero attached hydrogens (tertiary/aromatic N) is 4. The molecule has 3 rings (SSSR count). The van der Waals surface area contributed by atoms with Crippen LogP contribution >= 0.6 is 39.3 Å². The fourth-order valence-electron chi connectivity index (χ4n) is 1.73. The highest BCUT2D eigenvalue weighted by atomic mass is 79.9. The van der Waals surface area contributed by atoms with Gasteiger partial charge in [0.25, 0.3) is 0 Å². The molecule has 0 unspecified atom stereocenters. The zero-order valence-electron chi connectivity index (χ0n) is 10.8. The minimum absolute atomic E-state index is 0.186. The molecule has 0 aliphatic carbocycles. The fraction of sp³-hybridized carbons (Fsp3) is 0.0769. The number of rotatable bonds is 2. The molecule has 0 saturated carbocycles. The third-order valence-electron chi connectivity index (χ3n) is 2.72. The monoisotopic (exact) mass is 381 g/mol. The second-order valence-corrected chi connectivity index (χ2v) is 6.31. The van der Waals surface area contributed by atoms with E-state index in [-0.39, 0.29) is 5.28 Å². The summed E-state index contributed by atoms with van der Waals surface area (Å²) in [5, 5.41) is 1.43. The van der Waals surface area contributed by atoms with E-state index in [2.05, 4.69) is 35.9 Å². The second kappa shape index (κ2) is 5.75. The molecule has 21 heavy (non-hydrogen) atoms. The van der Waals surface area contributed by atoms with E-state index < -0.39 is 0 Å². The van der Waals surface area contributed by atoms with Gasteiger partial charge in [-0.2, -0.15) is 0 Å². The third kappa shape index (κ3) is 2.95. The number of aromatic nitrogens is 4. The Labute approximate surface area is 138 Å². The van der Waals surface area contributed by atoms with Gasteiger partial charge in [0.1, 0.15) is 10.1 Å². The number of nitrogen functional groups attached to an aromatic ring is 1. The Kier molecular flexibility index (Phi) is 3.97. The first-order chi connectivity index (χ1) is 10.0. The maximum absolute atomic E-state index is 5.97. The van der Waals surface area contributed by atoms with E-state index in [4.69, 9.17) is 17.3 Å². The van der Waals surface area contributed by atoms with E-state index in [0.29, 0.717) is 15.9 Å². The predicted octanol–water partition coefficient (Wildman–Crippen LogP) is 3.88. The molecule has 8 heteroatoms. The molecule has 0 amide bonds. The van der Waals surface area contributed by atoms with Crippen LogP contribution in [0.2, 0.25) is 5.28 Å². The summed E-state index contributed by atoms with van der Waals surface area (Å²) >= 11 is 10.7. The van der Waals surface area contributed by atoms with Crippen molar-refractivity contribution in [3.8, 4) is 0 Å². The van der Waals surface area contributed by atoms with E-state index in [1.165, 1.54) is 11.8 Å². The Morgan fingerprint density at radius 1 is 1.05 bits per heavy atom. The molecule has 2 aromatic heterocycles. The van der Waals surface area contributed by atoms with Crippen molar-refractivity contribution in [3.05, 3.63) is 39.7 Å². The van der Waals surface area contributed by atoms with Crippen molar-refractivity contribution < 1.29 is 0 Å². The number of nitrogens with two attached hydrogens (primary N) is 1. The van der Waals surface area contributed by atoms with Gasteiger partial charge >= 0.3 is 0 Å². The van der Waals surface area contributed by atoms with Crippen molar-refractivity contribution in [2.75, 3.05) is 5.73 Å². The summed E-state index contributed by atoms with van der Waals surface area (Å²) in [7, 11) is 0. The van der Waals surface area contributed by atoms with Gasteiger partial charge in [-0.05, 0) is 58.3 Å². The quantitative estimate of drug-likeness (QED) is 0.535. The Bertz CT molecular complexity index is 842. The number of aryl methyl sites for hydroxylation is 1. The van der Waals surface area contributed by atoms with Crippen LogP contribution in [0.3, 0.4) is 0 Å². The summed E-state index contributed by atoms with van der Waals surface area (Å²) in [6, 6.07) is 7.56. The van der Waals surface area contributed by atoms with Crippen LogP contribution in [0.4, 0.5) is 5.82 Å². The first kappa shape index (κ1) is 14.5. The fourth-order valence-corrected chi connectivity index (χ4v) is 3.26. The molecule has 106 valence electrons. The van der Waals surface area contributed by atoms with Gasteiger partial charge in [-0.1, -0.05) is 12.1 Å². The van der Waals surface area contributed by atoms with Crippen molar-refractivity contribution in [1.82, 2.24) is 19.9 Å². The van der Waals surface area contributed by atoms with Gasteiger partial charge in [0.2, 0.25) is 5.28 Å². The van der Waals surface area contributed by atoms with Crippen LogP contribution in [0.5, 0.6) is 0 Å². The van der Waals surface area contributed by atoms with E-state index in [9.17, 15) is 0 Å². The summed E-state index contributed by atoms with van der Waals surface area (Å²) in [4.78, 5) is 17.1. The van der Waals surface area contributed by atoms with Gasteiger partial charge in [0.05, 0.1) is 21.2 Å². The van der Waals surface area contributed by atoms with E-state index >= 15 is 0 Å². The molecule has 0 aliphatic rings. The summed E-state index contributed by atoms with van der Waals surface area (Å²) in [5.41, 5.74) is 8.27. The molecule has 1 aromatic carbocycles. The van der Waals surface area contributed by atoms with Crippen LogP contribution in [0.1, 0.15) is 5.69 Å². The van der Waals surface area contributed by atoms with Crippen LogP contribution in [0, 0.1) is 6.92 Å². The molecule has 0 aliphatic heterocycles. The van der Waals surface area contributed by atoms with Crippen LogP contribution in [-0.4, -0.2) is 19.9 Å². The predicted molar refractivity (Wildman–Crippen MR) is 87.6 cm³/mol. The summed E-state index contributed by atoms with van der Waals surface area (Å²) in [5.74, 6) is 0.359. The molecule has 0 atom stereocenters. The third-order valence-corrected chi connectivity index (χ3v) is 5.08. The number of hydrogen-bond acceptors (Lipinski definition) is 6. The Hall–Kier alpha value is -1.44. The van der Waals surface area contributed by atoms with Gasteiger partial charge in [-0.15, -0.1) is 0 Å². The molecule has 0 saturated heterocycles. The average molecular weight is 383 g/mol. The van der Waals surface area contributed by atoms with Crippen LogP contribution in [0.25, 0.3) is 11.0 Å². The maximum atomic E-state index is 5.97. The molecule has 5 nitrogen and oxygen atoms in total. The minimum atomic E-state index is 0.186. The first-order valence-electron chi connectivity index (χ1n) is 5.94. The highest BCUT2D eigenvalue weighted by Gasteiger charge is 2.14. The standard InChI is InChI=1S/C13H9BrClN5S/c1-6-9(14)11(20-13(15)17-6)21-12-10(16)18-7-4-2-3-5-8(7)19-12/h2-5H,1H3,(H2,16,18). The largest absolute Gasteiger partial charge is 0.381 e. The van der Waals surface area contributed by atoms with Gasteiger partial charge in [-0.25, -0.2) is 19.9 Å². The van der Waals surface area contributed by atoms with Crippen molar-refractivity contribution in [2.24, 2.45) is 0 Å². The zero-order valence-corrected chi connectivity index (χ0v) is 14.0. The van der Waals surface area contributed by atoms with Gasteiger partial charge in [0.15, 0.2) is 5.82 Å². The molecule has 0 bridgehead atoms. The lowest BCUT2D eigenvalue weighted by Gasteiger charge is -2.08. The smallest absolute Gasteiger partial charge is 0.223 e. The Balaban J connectivity index is 2.08. The topological polar surface area (TPSA) is 77.6 Å². The highest BCUT2D eigenvalue weighted by Crippen LogP contribution is 2.35. The molecule has 2 N–H and O–H groups in total. The van der Waals surface area contributed by atoms with E-state index in [1.807, 2.05) is 31.2 Å². The number of fused-ring (bicyclic) bond motifs is 1. The average Bonchev–Trinajstić information content (AvgIpc) is 2.45. The van der Waals surface area contributed by atoms with Crippen molar-refractivity contribution in [3.63, 3.8) is 0 Å². The number of anilines is 1. The number of benzene rings is 1. The zero-order chi connectivity index (χ0) is 15.0. The van der Waals surface area contributed by atoms with Crippen molar-refractivity contribution in [1.29, 1.82) is 0 Å². The SMILES string of the molecule is Cc1nc(Cl)nc(Sc2nc3ccccc3nc2N)c1Br. The molecule has 0 fully saturated rings. The summed E-state index contributed by atoms with van der Waals surface area (Å²) in [6.45, 7) is 1.84. The lowest BCUT2D eigenvalue weighted by molar-refractivity contribution is 0.980. The lowest BCUT2D eigenvalue weighted by Crippen LogP contribution is -1.99. The number of hydrogen-bond donors (Lipinski definition) is 1. The van der Waals surface area contributed by atoms with Crippen molar-refractivity contribution in [2.45, 2.75) is 17.0 Å². The molecule has 2 heterocycles. The molecule has 0 radical (unpaired) electrons. The number of para-hydroxylation sites is 2. The van der Waals surface area contributed by atoms with Crippen molar-refractivity contribution >= 4 is 56.1 Å². The van der Waals surface area contributed by atoms with Crippen LogP contribution in [-0.2, 0) is 0 Å². The molecular weight excluding hydrogens is 374 g/mol. The molecule has 0 spiro atoms. The summed E-state index contributed by atoms with van der Waals surface area (Å²) < 4.78 is 0.770. The van der Waals surface area contributed by atoms with E-state index in [1.54, 1.807) is 0 Å². The van der Waals surface area contributed by atoms with Crippen LogP contribution in [0.15, 0.2) is 38.8 Å². The van der Waals surface area contributed by atoms with Gasteiger partial charge in [0, 0.05) is 0 Å². The number of halogens is 2. The Morgan fingerprint density at radius 3 is 2.43 bits per heavy atom. The van der Waals surface area contributed by atoms with E-state index in [0.717, 1.165) is 21.2 Å². The van der Waals surface area contributed by atoms with Gasteiger partial charge < -0.3 is 5.73 Å². The van der Waals surface area contributed by atoms with Crippen LogP contribution < -0.4 is 5.73 Å². The Morgan fingerprint density at radius 2 is 1.71 bits per heavy atom. The first-order valence-corrected chi connectivity index (χ1v) is 7.93.